The van der Waals surface area contributed by atoms with Crippen LogP contribution in [0.1, 0.15) is 34.1 Å². The molecule has 0 aliphatic rings. The van der Waals surface area contributed by atoms with E-state index in [1.54, 1.807) is 0 Å². The highest BCUT2D eigenvalue weighted by atomic mass is 16.6. The maximum absolute atomic E-state index is 11.0. The Morgan fingerprint density at radius 3 is 2.31 bits per heavy atom. The van der Waals surface area contributed by atoms with Gasteiger partial charge in [-0.15, -0.1) is 0 Å². The molecule has 3 nitrogen and oxygen atoms in total. The van der Waals surface area contributed by atoms with E-state index in [0.717, 1.165) is 6.42 Å². The molecule has 78 valence electrons. The average molecular weight is 188 g/mol. The minimum atomic E-state index is -0.269. The zero-order chi connectivity index (χ0) is 10.3. The average Bonchev–Trinajstić information content (AvgIpc) is 2.00. The molecule has 0 saturated carbocycles. The Hall–Kier alpha value is -0.570. The lowest BCUT2D eigenvalue weighted by molar-refractivity contribution is -0.150. The van der Waals surface area contributed by atoms with E-state index < -0.39 is 0 Å². The van der Waals surface area contributed by atoms with Crippen LogP contribution in [0.4, 0.5) is 0 Å². The van der Waals surface area contributed by atoms with Crippen LogP contribution in [0.5, 0.6) is 0 Å². The van der Waals surface area contributed by atoms with Gasteiger partial charge in [0.2, 0.25) is 0 Å². The molecule has 0 spiro atoms. The molecule has 3 heteroatoms. The Morgan fingerprint density at radius 2 is 1.85 bits per heavy atom. The summed E-state index contributed by atoms with van der Waals surface area (Å²) < 4.78 is 10.0. The Kier molecular flexibility index (Phi) is 6.59. The molecule has 0 aromatic carbocycles. The summed E-state index contributed by atoms with van der Waals surface area (Å²) in [6, 6.07) is 0. The molecule has 0 N–H and O–H groups in total. The fraction of sp³-hybridized carbons (Fsp3) is 0.900. The third kappa shape index (κ3) is 9.34. The lowest BCUT2D eigenvalue weighted by Crippen LogP contribution is -2.17. The van der Waals surface area contributed by atoms with Crippen molar-refractivity contribution in [1.29, 1.82) is 0 Å². The molecule has 0 bridgehead atoms. The second kappa shape index (κ2) is 6.89. The smallest absolute Gasteiger partial charge is 0.332 e. The van der Waals surface area contributed by atoms with E-state index >= 15 is 0 Å². The Bertz CT molecular complexity index is 141. The Morgan fingerprint density at radius 1 is 1.23 bits per heavy atom. The van der Waals surface area contributed by atoms with Gasteiger partial charge in [-0.3, -0.25) is 0 Å². The highest BCUT2D eigenvalue weighted by molar-refractivity contribution is 5.70. The van der Waals surface area contributed by atoms with Gasteiger partial charge in [0, 0.05) is 0 Å². The molecule has 0 rings (SSSR count). The van der Waals surface area contributed by atoms with Gasteiger partial charge < -0.3 is 9.47 Å². The monoisotopic (exact) mass is 188 g/mol. The van der Waals surface area contributed by atoms with Crippen LogP contribution < -0.4 is 0 Å². The van der Waals surface area contributed by atoms with Crippen LogP contribution in [-0.2, 0) is 14.3 Å². The van der Waals surface area contributed by atoms with Gasteiger partial charge in [0.1, 0.15) is 6.61 Å². The zero-order valence-corrected chi connectivity index (χ0v) is 9.00. The largest absolute Gasteiger partial charge is 0.464 e. The van der Waals surface area contributed by atoms with E-state index in [4.69, 9.17) is 9.47 Å². The van der Waals surface area contributed by atoms with Crippen molar-refractivity contribution < 1.29 is 14.3 Å². The predicted octanol–water partition coefficient (Wildman–Crippen LogP) is 2.00. The van der Waals surface area contributed by atoms with Gasteiger partial charge in [0.25, 0.3) is 0 Å². The van der Waals surface area contributed by atoms with Crippen LogP contribution in [-0.4, -0.2) is 25.3 Å². The summed E-state index contributed by atoms with van der Waals surface area (Å²) in [5, 5.41) is 0. The maximum Gasteiger partial charge on any atom is 0.332 e. The third-order valence-electron chi connectivity index (χ3n) is 1.49. The molecule has 0 aliphatic carbocycles. The number of carbonyl (C=O) groups excluding carboxylic acids is 1. The number of carbonyl (C=O) groups is 1. The standard InChI is InChI=1S/C10H20O3/c1-8(2)5-6-12-10(11)7-13-9(3)4/h8-9H,5-7H2,1-4H3. The Labute approximate surface area is 80.4 Å². The van der Waals surface area contributed by atoms with Crippen LogP contribution in [0.15, 0.2) is 0 Å². The predicted molar refractivity (Wildman–Crippen MR) is 51.5 cm³/mol. The van der Waals surface area contributed by atoms with Gasteiger partial charge in [-0.05, 0) is 26.2 Å². The van der Waals surface area contributed by atoms with E-state index in [1.807, 2.05) is 13.8 Å². The van der Waals surface area contributed by atoms with Crippen molar-refractivity contribution in [3.05, 3.63) is 0 Å². The van der Waals surface area contributed by atoms with Crippen molar-refractivity contribution in [3.8, 4) is 0 Å². The molecule has 0 atom stereocenters. The summed E-state index contributed by atoms with van der Waals surface area (Å²) in [5.74, 6) is 0.299. The van der Waals surface area contributed by atoms with E-state index in [0.29, 0.717) is 12.5 Å². The molecular formula is C10H20O3. The van der Waals surface area contributed by atoms with Gasteiger partial charge in [-0.2, -0.15) is 0 Å². The Balaban J connectivity index is 3.30. The number of esters is 1. The van der Waals surface area contributed by atoms with E-state index in [1.165, 1.54) is 0 Å². The number of rotatable bonds is 6. The minimum absolute atomic E-state index is 0.0652. The summed E-state index contributed by atoms with van der Waals surface area (Å²) in [5.41, 5.74) is 0. The number of hydrogen-bond acceptors (Lipinski definition) is 3. The van der Waals surface area contributed by atoms with Crippen molar-refractivity contribution in [3.63, 3.8) is 0 Å². The highest BCUT2D eigenvalue weighted by Gasteiger charge is 2.04. The summed E-state index contributed by atoms with van der Waals surface area (Å²) in [7, 11) is 0. The van der Waals surface area contributed by atoms with Crippen molar-refractivity contribution in [2.75, 3.05) is 13.2 Å². The summed E-state index contributed by atoms with van der Waals surface area (Å²) >= 11 is 0. The second-order valence-corrected chi connectivity index (χ2v) is 3.76. The van der Waals surface area contributed by atoms with Gasteiger partial charge in [-0.1, -0.05) is 13.8 Å². The normalized spacial score (nSPS) is 10.9. The first-order valence-corrected chi connectivity index (χ1v) is 4.79. The fourth-order valence-corrected chi connectivity index (χ4v) is 0.685. The number of ether oxygens (including phenoxy) is 2. The topological polar surface area (TPSA) is 35.5 Å². The molecule has 0 aromatic rings. The van der Waals surface area contributed by atoms with Crippen molar-refractivity contribution in [1.82, 2.24) is 0 Å². The van der Waals surface area contributed by atoms with E-state index in [2.05, 4.69) is 13.8 Å². The zero-order valence-electron chi connectivity index (χ0n) is 9.00. The van der Waals surface area contributed by atoms with Crippen LogP contribution in [0.25, 0.3) is 0 Å². The van der Waals surface area contributed by atoms with Crippen molar-refractivity contribution in [2.24, 2.45) is 5.92 Å². The molecule has 0 fully saturated rings. The molecule has 0 aromatic heterocycles. The van der Waals surface area contributed by atoms with Crippen molar-refractivity contribution >= 4 is 5.97 Å². The first-order chi connectivity index (χ1) is 6.02. The lowest BCUT2D eigenvalue weighted by Gasteiger charge is -2.08. The van der Waals surface area contributed by atoms with E-state index in [9.17, 15) is 4.79 Å². The second-order valence-electron chi connectivity index (χ2n) is 3.76. The molecule has 0 saturated heterocycles. The third-order valence-corrected chi connectivity index (χ3v) is 1.49. The molecular weight excluding hydrogens is 168 g/mol. The quantitative estimate of drug-likeness (QED) is 0.598. The van der Waals surface area contributed by atoms with Gasteiger partial charge in [0.05, 0.1) is 12.7 Å². The van der Waals surface area contributed by atoms with Gasteiger partial charge in [0.15, 0.2) is 0 Å². The molecule has 13 heavy (non-hydrogen) atoms. The molecule has 0 amide bonds. The van der Waals surface area contributed by atoms with Crippen LogP contribution >= 0.6 is 0 Å². The summed E-state index contributed by atoms with van der Waals surface area (Å²) in [6.45, 7) is 8.54. The molecule has 0 aliphatic heterocycles. The minimum Gasteiger partial charge on any atom is -0.464 e. The first kappa shape index (κ1) is 12.4. The highest BCUT2D eigenvalue weighted by Crippen LogP contribution is 1.99. The number of hydrogen-bond donors (Lipinski definition) is 0. The SMILES string of the molecule is CC(C)CCOC(=O)COC(C)C. The molecule has 0 unspecified atom stereocenters. The molecule has 0 radical (unpaired) electrons. The summed E-state index contributed by atoms with van der Waals surface area (Å²) in [4.78, 5) is 11.0. The van der Waals surface area contributed by atoms with Gasteiger partial charge in [-0.25, -0.2) is 4.79 Å². The summed E-state index contributed by atoms with van der Waals surface area (Å²) in [6.07, 6.45) is 0.991. The van der Waals surface area contributed by atoms with Crippen molar-refractivity contribution in [2.45, 2.75) is 40.2 Å². The molecule has 0 heterocycles. The van der Waals surface area contributed by atoms with Gasteiger partial charge >= 0.3 is 5.97 Å². The lowest BCUT2D eigenvalue weighted by atomic mass is 10.1. The van der Waals surface area contributed by atoms with Crippen LogP contribution in [0, 0.1) is 5.92 Å². The fourth-order valence-electron chi connectivity index (χ4n) is 0.685. The van der Waals surface area contributed by atoms with E-state index in [-0.39, 0.29) is 18.7 Å². The van der Waals surface area contributed by atoms with Crippen LogP contribution in [0.3, 0.4) is 0 Å². The first-order valence-electron chi connectivity index (χ1n) is 4.79. The maximum atomic E-state index is 11.0. The van der Waals surface area contributed by atoms with Crippen LogP contribution in [0.2, 0.25) is 0 Å².